The number of sulfonamides is 1. The van der Waals surface area contributed by atoms with Crippen LogP contribution in [0.25, 0.3) is 0 Å². The van der Waals surface area contributed by atoms with E-state index in [1.165, 1.54) is 0 Å². The lowest BCUT2D eigenvalue weighted by Gasteiger charge is -2.28. The zero-order valence-electron chi connectivity index (χ0n) is 15.3. The van der Waals surface area contributed by atoms with Crippen LogP contribution in [0.15, 0.2) is 17.0 Å². The van der Waals surface area contributed by atoms with Crippen molar-refractivity contribution < 1.29 is 13.2 Å². The Labute approximate surface area is 150 Å². The summed E-state index contributed by atoms with van der Waals surface area (Å²) in [5, 5.41) is 3.00. The van der Waals surface area contributed by atoms with Gasteiger partial charge in [0, 0.05) is 19.5 Å². The van der Waals surface area contributed by atoms with Crippen LogP contribution in [0.3, 0.4) is 0 Å². The molecule has 0 spiro atoms. The predicted molar refractivity (Wildman–Crippen MR) is 98.9 cm³/mol. The minimum absolute atomic E-state index is 0.0710. The van der Waals surface area contributed by atoms with E-state index in [4.69, 9.17) is 5.73 Å². The van der Waals surface area contributed by atoms with Gasteiger partial charge in [-0.3, -0.25) is 4.79 Å². The lowest BCUT2D eigenvalue weighted by molar-refractivity contribution is -0.122. The Hall–Kier alpha value is -1.44. The molecule has 6 nitrogen and oxygen atoms in total. The number of benzene rings is 1. The van der Waals surface area contributed by atoms with E-state index in [0.717, 1.165) is 31.2 Å². The maximum atomic E-state index is 12.6. The normalized spacial score (nSPS) is 16.8. The Morgan fingerprint density at radius 1 is 1.16 bits per heavy atom. The molecule has 1 aliphatic rings. The second-order valence-corrected chi connectivity index (χ2v) is 8.82. The molecule has 0 aliphatic heterocycles. The molecule has 0 radical (unpaired) electrons. The summed E-state index contributed by atoms with van der Waals surface area (Å²) in [6, 6.07) is 3.69. The monoisotopic (exact) mass is 367 g/mol. The Balaban J connectivity index is 1.96. The summed E-state index contributed by atoms with van der Waals surface area (Å²) >= 11 is 0. The van der Waals surface area contributed by atoms with Crippen molar-refractivity contribution in [3.8, 4) is 0 Å². The predicted octanol–water partition coefficient (Wildman–Crippen LogP) is 1.67. The molecule has 0 unspecified atom stereocenters. The third-order valence-corrected chi connectivity index (χ3v) is 6.64. The summed E-state index contributed by atoms with van der Waals surface area (Å²) in [7, 11) is -3.64. The molecule has 0 saturated heterocycles. The van der Waals surface area contributed by atoms with E-state index in [2.05, 4.69) is 10.0 Å². The van der Waals surface area contributed by atoms with Crippen molar-refractivity contribution >= 4 is 15.9 Å². The van der Waals surface area contributed by atoms with Crippen LogP contribution in [0.2, 0.25) is 0 Å². The van der Waals surface area contributed by atoms with E-state index in [1.807, 2.05) is 19.1 Å². The lowest BCUT2D eigenvalue weighted by Crippen LogP contribution is -2.52. The minimum atomic E-state index is -3.64. The Morgan fingerprint density at radius 3 is 2.24 bits per heavy atom. The third-order valence-electron chi connectivity index (χ3n) is 4.87. The second kappa shape index (κ2) is 7.85. The summed E-state index contributed by atoms with van der Waals surface area (Å²) in [4.78, 5) is 12.5. The second-order valence-electron chi connectivity index (χ2n) is 7.12. The number of nitrogens with one attached hydrogen (secondary N) is 2. The van der Waals surface area contributed by atoms with Crippen LogP contribution in [0.5, 0.6) is 0 Å². The van der Waals surface area contributed by atoms with Gasteiger partial charge in [0.1, 0.15) is 0 Å². The van der Waals surface area contributed by atoms with Crippen molar-refractivity contribution in [3.63, 3.8) is 0 Å². The topological polar surface area (TPSA) is 101 Å². The maximum Gasteiger partial charge on any atom is 0.241 e. The van der Waals surface area contributed by atoms with Crippen molar-refractivity contribution in [1.29, 1.82) is 0 Å². The first-order valence-electron chi connectivity index (χ1n) is 8.78. The molecule has 0 bridgehead atoms. The van der Waals surface area contributed by atoms with Crippen LogP contribution in [-0.2, 0) is 14.8 Å². The van der Waals surface area contributed by atoms with Gasteiger partial charge in [-0.25, -0.2) is 13.1 Å². The molecule has 2 rings (SSSR count). The van der Waals surface area contributed by atoms with Gasteiger partial charge >= 0.3 is 0 Å². The molecule has 0 atom stereocenters. The molecule has 0 heterocycles. The Morgan fingerprint density at radius 2 is 1.72 bits per heavy atom. The number of nitrogens with two attached hydrogens (primary N) is 1. The van der Waals surface area contributed by atoms with Crippen LogP contribution in [0, 0.1) is 20.8 Å². The summed E-state index contributed by atoms with van der Waals surface area (Å²) in [6.45, 7) is 6.00. The molecule has 1 aromatic carbocycles. The molecular weight excluding hydrogens is 338 g/mol. The average Bonchev–Trinajstić information content (AvgIpc) is 2.94. The SMILES string of the molecule is Cc1cc(C)c(S(=O)(=O)NCCC(=O)NC2(CN)CCCC2)c(C)c1. The van der Waals surface area contributed by atoms with Gasteiger partial charge < -0.3 is 11.1 Å². The fourth-order valence-electron chi connectivity index (χ4n) is 3.75. The lowest BCUT2D eigenvalue weighted by atomic mass is 9.97. The molecule has 25 heavy (non-hydrogen) atoms. The fourth-order valence-corrected chi connectivity index (χ4v) is 5.23. The van der Waals surface area contributed by atoms with Crippen LogP contribution < -0.4 is 15.8 Å². The van der Waals surface area contributed by atoms with Gasteiger partial charge in [0.05, 0.1) is 10.4 Å². The smallest absolute Gasteiger partial charge is 0.241 e. The number of rotatable bonds is 7. The van der Waals surface area contributed by atoms with E-state index in [-0.39, 0.29) is 24.4 Å². The van der Waals surface area contributed by atoms with Crippen molar-refractivity contribution in [2.24, 2.45) is 5.73 Å². The summed E-state index contributed by atoms with van der Waals surface area (Å²) in [5.74, 6) is -0.160. The Kier molecular flexibility index (Phi) is 6.24. The highest BCUT2D eigenvalue weighted by Crippen LogP contribution is 2.28. The zero-order valence-corrected chi connectivity index (χ0v) is 16.1. The van der Waals surface area contributed by atoms with Gasteiger partial charge in [0.15, 0.2) is 0 Å². The molecule has 7 heteroatoms. The van der Waals surface area contributed by atoms with E-state index >= 15 is 0 Å². The average molecular weight is 368 g/mol. The van der Waals surface area contributed by atoms with E-state index in [0.29, 0.717) is 22.6 Å². The number of carbonyl (C=O) groups is 1. The molecule has 1 aromatic rings. The van der Waals surface area contributed by atoms with Gasteiger partial charge in [0.25, 0.3) is 0 Å². The highest BCUT2D eigenvalue weighted by atomic mass is 32.2. The van der Waals surface area contributed by atoms with E-state index in [9.17, 15) is 13.2 Å². The molecule has 1 fully saturated rings. The molecular formula is C18H29N3O3S. The van der Waals surface area contributed by atoms with E-state index in [1.54, 1.807) is 13.8 Å². The van der Waals surface area contributed by atoms with Gasteiger partial charge in [-0.05, 0) is 44.7 Å². The molecule has 1 saturated carbocycles. The first kappa shape index (κ1) is 19.9. The molecule has 4 N–H and O–H groups in total. The van der Waals surface area contributed by atoms with Crippen LogP contribution in [0.1, 0.15) is 48.8 Å². The largest absolute Gasteiger partial charge is 0.349 e. The van der Waals surface area contributed by atoms with Crippen LogP contribution in [-0.4, -0.2) is 33.0 Å². The Bertz CT molecular complexity index is 715. The maximum absolute atomic E-state index is 12.6. The number of aryl methyl sites for hydroxylation is 3. The summed E-state index contributed by atoms with van der Waals surface area (Å²) < 4.78 is 27.7. The third kappa shape index (κ3) is 4.80. The standard InChI is InChI=1S/C18H29N3O3S/c1-13-10-14(2)17(15(3)11-13)25(23,24)20-9-6-16(22)21-18(12-19)7-4-5-8-18/h10-11,20H,4-9,12,19H2,1-3H3,(H,21,22). The summed E-state index contributed by atoms with van der Waals surface area (Å²) in [5.41, 5.74) is 7.95. The fraction of sp³-hybridized carbons (Fsp3) is 0.611. The molecule has 1 amide bonds. The minimum Gasteiger partial charge on any atom is -0.349 e. The number of carbonyl (C=O) groups excluding carboxylic acids is 1. The first-order chi connectivity index (χ1) is 11.7. The number of amides is 1. The summed E-state index contributed by atoms with van der Waals surface area (Å²) in [6.07, 6.45) is 4.02. The highest BCUT2D eigenvalue weighted by Gasteiger charge is 2.33. The zero-order chi connectivity index (χ0) is 18.7. The van der Waals surface area contributed by atoms with Gasteiger partial charge in [-0.2, -0.15) is 0 Å². The van der Waals surface area contributed by atoms with Crippen LogP contribution >= 0.6 is 0 Å². The van der Waals surface area contributed by atoms with Gasteiger partial charge in [0.2, 0.25) is 15.9 Å². The van der Waals surface area contributed by atoms with Crippen LogP contribution in [0.4, 0.5) is 0 Å². The van der Waals surface area contributed by atoms with Crippen molar-refractivity contribution in [2.75, 3.05) is 13.1 Å². The van der Waals surface area contributed by atoms with Crippen molar-refractivity contribution in [3.05, 3.63) is 28.8 Å². The highest BCUT2D eigenvalue weighted by molar-refractivity contribution is 7.89. The number of hydrogen-bond acceptors (Lipinski definition) is 4. The van der Waals surface area contributed by atoms with E-state index < -0.39 is 10.0 Å². The first-order valence-corrected chi connectivity index (χ1v) is 10.3. The van der Waals surface area contributed by atoms with Gasteiger partial charge in [-0.15, -0.1) is 0 Å². The molecule has 140 valence electrons. The van der Waals surface area contributed by atoms with Gasteiger partial charge in [-0.1, -0.05) is 30.5 Å². The quantitative estimate of drug-likeness (QED) is 0.682. The van der Waals surface area contributed by atoms with Crippen molar-refractivity contribution in [1.82, 2.24) is 10.0 Å². The van der Waals surface area contributed by atoms with Crippen molar-refractivity contribution in [2.45, 2.75) is 63.3 Å². The number of hydrogen-bond donors (Lipinski definition) is 3. The molecule has 0 aromatic heterocycles. The molecule has 1 aliphatic carbocycles.